The predicted octanol–water partition coefficient (Wildman–Crippen LogP) is 23.4. The van der Waals surface area contributed by atoms with Gasteiger partial charge in [-0.15, -0.1) is 0 Å². The highest BCUT2D eigenvalue weighted by atomic mass is 16.6. The van der Waals surface area contributed by atoms with E-state index in [4.69, 9.17) is 14.2 Å². The number of rotatable bonds is 62. The number of hydrogen-bond acceptors (Lipinski definition) is 6. The molecule has 0 aromatic heterocycles. The maximum atomic E-state index is 12.8. The zero-order chi connectivity index (χ0) is 57.1. The minimum atomic E-state index is -0.837. The number of allylic oxidation sites excluding steroid dienone is 13. The number of unbranched alkanes of at least 4 members (excludes halogenated alkanes) is 38. The largest absolute Gasteiger partial charge is 0.462 e. The van der Waals surface area contributed by atoms with Crippen molar-refractivity contribution in [1.82, 2.24) is 0 Å². The van der Waals surface area contributed by atoms with Crippen LogP contribution in [-0.2, 0) is 28.6 Å². The molecule has 0 spiro atoms. The van der Waals surface area contributed by atoms with Crippen LogP contribution < -0.4 is 0 Å². The molecule has 0 aliphatic carbocycles. The van der Waals surface area contributed by atoms with Gasteiger partial charge in [-0.2, -0.15) is 0 Å². The van der Waals surface area contributed by atoms with Crippen molar-refractivity contribution < 1.29 is 28.6 Å². The van der Waals surface area contributed by atoms with Crippen LogP contribution in [0.5, 0.6) is 0 Å². The average molecular weight is 1100 g/mol. The third-order valence-electron chi connectivity index (χ3n) is 14.9. The molecule has 6 nitrogen and oxygen atoms in total. The molecule has 79 heavy (non-hydrogen) atoms. The van der Waals surface area contributed by atoms with Crippen LogP contribution in [0.1, 0.15) is 342 Å². The first-order chi connectivity index (χ1) is 39.0. The molecule has 0 radical (unpaired) electrons. The van der Waals surface area contributed by atoms with Crippen LogP contribution in [0.4, 0.5) is 0 Å². The van der Waals surface area contributed by atoms with Crippen molar-refractivity contribution in [3.8, 4) is 0 Å². The van der Waals surface area contributed by atoms with Crippen LogP contribution in [0.25, 0.3) is 0 Å². The zero-order valence-corrected chi connectivity index (χ0v) is 52.4. The Morgan fingerprint density at radius 1 is 0.278 bits per heavy atom. The van der Waals surface area contributed by atoms with Crippen LogP contribution in [0.2, 0.25) is 0 Å². The summed E-state index contributed by atoms with van der Waals surface area (Å²) in [5.74, 6) is -1.05. The maximum absolute atomic E-state index is 12.8. The number of hydrogen-bond donors (Lipinski definition) is 0. The van der Waals surface area contributed by atoms with Gasteiger partial charge < -0.3 is 14.2 Å². The summed E-state index contributed by atoms with van der Waals surface area (Å²) in [6, 6.07) is 0. The molecule has 0 aromatic rings. The Balaban J connectivity index is 4.19. The molecule has 0 bridgehead atoms. The van der Waals surface area contributed by atoms with Crippen molar-refractivity contribution in [2.75, 3.05) is 13.2 Å². The number of carbonyl (C=O) groups excluding carboxylic acids is 3. The van der Waals surface area contributed by atoms with Gasteiger partial charge in [0, 0.05) is 12.8 Å². The summed E-state index contributed by atoms with van der Waals surface area (Å²) in [5, 5.41) is 0. The lowest BCUT2D eigenvalue weighted by atomic mass is 10.0. The summed E-state index contributed by atoms with van der Waals surface area (Å²) in [4.78, 5) is 38.2. The van der Waals surface area contributed by atoms with E-state index in [1.54, 1.807) is 6.08 Å². The van der Waals surface area contributed by atoms with Crippen LogP contribution in [0.15, 0.2) is 85.1 Å². The van der Waals surface area contributed by atoms with Gasteiger partial charge in [0.05, 0.1) is 6.42 Å². The van der Waals surface area contributed by atoms with Crippen molar-refractivity contribution >= 4 is 17.9 Å². The van der Waals surface area contributed by atoms with Gasteiger partial charge in [0.15, 0.2) is 6.10 Å². The monoisotopic (exact) mass is 1100 g/mol. The van der Waals surface area contributed by atoms with E-state index in [0.717, 1.165) is 96.3 Å². The molecule has 1 unspecified atom stereocenters. The van der Waals surface area contributed by atoms with Gasteiger partial charge in [0.2, 0.25) is 0 Å². The van der Waals surface area contributed by atoms with E-state index in [9.17, 15) is 14.4 Å². The first kappa shape index (κ1) is 75.6. The van der Waals surface area contributed by atoms with Crippen molar-refractivity contribution in [2.24, 2.45) is 0 Å². The van der Waals surface area contributed by atoms with E-state index in [1.807, 2.05) is 6.08 Å². The predicted molar refractivity (Wildman–Crippen MR) is 344 cm³/mol. The molecular formula is C73H128O6. The van der Waals surface area contributed by atoms with Gasteiger partial charge in [-0.25, -0.2) is 0 Å². The molecule has 0 heterocycles. The number of esters is 3. The van der Waals surface area contributed by atoms with E-state index in [2.05, 4.69) is 93.7 Å². The van der Waals surface area contributed by atoms with Crippen molar-refractivity contribution in [3.05, 3.63) is 85.1 Å². The highest BCUT2D eigenvalue weighted by molar-refractivity contribution is 5.72. The van der Waals surface area contributed by atoms with Gasteiger partial charge in [-0.3, -0.25) is 14.4 Å². The van der Waals surface area contributed by atoms with Gasteiger partial charge in [0.25, 0.3) is 0 Å². The maximum Gasteiger partial charge on any atom is 0.310 e. The first-order valence-corrected chi connectivity index (χ1v) is 34.1. The summed E-state index contributed by atoms with van der Waals surface area (Å²) in [5.41, 5.74) is 0. The Kier molecular flexibility index (Phi) is 64.2. The Bertz CT molecular complexity index is 1500. The minimum Gasteiger partial charge on any atom is -0.462 e. The fraction of sp³-hybridized carbons (Fsp3) is 0.767. The smallest absolute Gasteiger partial charge is 0.310 e. The lowest BCUT2D eigenvalue weighted by Gasteiger charge is -2.18. The fourth-order valence-corrected chi connectivity index (χ4v) is 9.83. The van der Waals surface area contributed by atoms with E-state index in [0.29, 0.717) is 12.8 Å². The molecule has 0 N–H and O–H groups in total. The second-order valence-corrected chi connectivity index (χ2v) is 22.7. The molecule has 0 saturated heterocycles. The van der Waals surface area contributed by atoms with Crippen LogP contribution in [0.3, 0.4) is 0 Å². The Hall–Kier alpha value is -3.41. The number of ether oxygens (including phenoxy) is 3. The Morgan fingerprint density at radius 2 is 0.544 bits per heavy atom. The molecule has 456 valence electrons. The normalized spacial score (nSPS) is 12.6. The van der Waals surface area contributed by atoms with Gasteiger partial charge in [-0.05, 0) is 70.6 Å². The molecule has 0 fully saturated rings. The van der Waals surface area contributed by atoms with E-state index >= 15 is 0 Å². The second kappa shape index (κ2) is 67.1. The molecule has 0 aliphatic rings. The lowest BCUT2D eigenvalue weighted by molar-refractivity contribution is -0.166. The van der Waals surface area contributed by atoms with Crippen LogP contribution in [0, 0.1) is 0 Å². The standard InChI is InChI=1S/C73H128O6/c1-4-7-10-13-16-19-22-25-28-29-30-31-32-33-34-35-36-37-38-39-40-41-42-43-44-46-48-51-54-57-60-63-66-72(75)78-69-70(68-77-71(74)65-62-59-56-53-50-47-27-24-21-18-15-12-9-6-3)79-73(76)67-64-61-58-55-52-49-45-26-23-20-17-14-11-8-5-2/h8,11,15,17-18,20,24,26-27,45,52,55,61,64,70H,4-7,9-10,12-14,16,19,21-23,25,28-44,46-51,53-54,56-60,62-63,65-69H2,1-3H3/b11-8-,18-15-,20-17-,27-24-,45-26-,55-52-,64-61-. The second-order valence-electron chi connectivity index (χ2n) is 22.7. The molecule has 0 saturated carbocycles. The quantitative estimate of drug-likeness (QED) is 0.0261. The summed E-state index contributed by atoms with van der Waals surface area (Å²) in [7, 11) is 0. The SMILES string of the molecule is CC/C=C\C/C=C\C/C=C\C/C=C\C/C=C\CC(=O)OC(COC(=O)CCCCCCC/C=C\C/C=C\CCCC)COC(=O)CCCCCCCCCCCCCCCCCCCCCCCCCCCCCCCCCC. The summed E-state index contributed by atoms with van der Waals surface area (Å²) < 4.78 is 16.8. The van der Waals surface area contributed by atoms with Gasteiger partial charge in [-0.1, -0.05) is 337 Å². The van der Waals surface area contributed by atoms with E-state index in [-0.39, 0.29) is 31.6 Å². The van der Waals surface area contributed by atoms with Crippen LogP contribution >= 0.6 is 0 Å². The molecular weight excluding hydrogens is 973 g/mol. The average Bonchev–Trinajstić information content (AvgIpc) is 3.45. The topological polar surface area (TPSA) is 78.9 Å². The number of carbonyl (C=O) groups is 3. The third kappa shape index (κ3) is 65.3. The molecule has 0 amide bonds. The Labute approximate surface area is 490 Å². The molecule has 1 atom stereocenters. The Morgan fingerprint density at radius 3 is 0.873 bits per heavy atom. The summed E-state index contributed by atoms with van der Waals surface area (Å²) in [6.07, 6.45) is 89.5. The fourth-order valence-electron chi connectivity index (χ4n) is 9.83. The van der Waals surface area contributed by atoms with E-state index < -0.39 is 12.1 Å². The zero-order valence-electron chi connectivity index (χ0n) is 52.4. The van der Waals surface area contributed by atoms with E-state index in [1.165, 1.54) is 205 Å². The summed E-state index contributed by atoms with van der Waals surface area (Å²) in [6.45, 7) is 6.43. The first-order valence-electron chi connectivity index (χ1n) is 34.1. The third-order valence-corrected chi connectivity index (χ3v) is 14.9. The highest BCUT2D eigenvalue weighted by Gasteiger charge is 2.19. The molecule has 0 aromatic carbocycles. The van der Waals surface area contributed by atoms with Crippen molar-refractivity contribution in [3.63, 3.8) is 0 Å². The lowest BCUT2D eigenvalue weighted by Crippen LogP contribution is -2.30. The molecule has 0 aliphatic heterocycles. The van der Waals surface area contributed by atoms with Crippen LogP contribution in [-0.4, -0.2) is 37.2 Å². The van der Waals surface area contributed by atoms with Gasteiger partial charge in [0.1, 0.15) is 13.2 Å². The van der Waals surface area contributed by atoms with Crippen molar-refractivity contribution in [2.45, 2.75) is 348 Å². The molecule has 0 rings (SSSR count). The highest BCUT2D eigenvalue weighted by Crippen LogP contribution is 2.18. The van der Waals surface area contributed by atoms with Crippen molar-refractivity contribution in [1.29, 1.82) is 0 Å². The van der Waals surface area contributed by atoms with Gasteiger partial charge >= 0.3 is 17.9 Å². The molecule has 6 heteroatoms. The summed E-state index contributed by atoms with van der Waals surface area (Å²) >= 11 is 0. The minimum absolute atomic E-state index is 0.0947.